The fraction of sp³-hybridized carbons (Fsp3) is 0.250. The minimum atomic E-state index is 0.106. The quantitative estimate of drug-likeness (QED) is 0.818. The summed E-state index contributed by atoms with van der Waals surface area (Å²) in [7, 11) is 1.80. The molecular weight excluding hydrogens is 250 g/mol. The third-order valence-electron chi connectivity index (χ3n) is 3.09. The smallest absolute Gasteiger partial charge is 0.227 e. The Morgan fingerprint density at radius 2 is 2.00 bits per heavy atom. The highest BCUT2D eigenvalue weighted by atomic mass is 16.2. The Morgan fingerprint density at radius 1 is 1.20 bits per heavy atom. The number of nitrogens with zero attached hydrogens (tertiary/aromatic N) is 2. The molecule has 1 N–H and O–H groups in total. The van der Waals surface area contributed by atoms with Crippen LogP contribution in [-0.4, -0.2) is 24.5 Å². The number of amides is 1. The highest BCUT2D eigenvalue weighted by Gasteiger charge is 2.09. The summed E-state index contributed by atoms with van der Waals surface area (Å²) in [5, 5.41) is 3.25. The fourth-order valence-corrected chi connectivity index (χ4v) is 1.89. The van der Waals surface area contributed by atoms with E-state index >= 15 is 0 Å². The van der Waals surface area contributed by atoms with Gasteiger partial charge in [-0.15, -0.1) is 0 Å². The molecule has 1 heterocycles. The number of pyridine rings is 1. The summed E-state index contributed by atoms with van der Waals surface area (Å²) < 4.78 is 0. The summed E-state index contributed by atoms with van der Waals surface area (Å²) in [6.45, 7) is 1.39. The first-order valence-corrected chi connectivity index (χ1v) is 6.68. The molecule has 1 amide bonds. The van der Waals surface area contributed by atoms with E-state index < -0.39 is 0 Å². The number of rotatable bonds is 6. The van der Waals surface area contributed by atoms with Gasteiger partial charge in [-0.2, -0.15) is 0 Å². The van der Waals surface area contributed by atoms with Crippen molar-refractivity contribution in [2.75, 3.05) is 18.5 Å². The molecule has 0 radical (unpaired) electrons. The molecule has 1 aromatic carbocycles. The Labute approximate surface area is 119 Å². The number of para-hydroxylation sites is 1. The van der Waals surface area contributed by atoms with E-state index in [9.17, 15) is 4.79 Å². The zero-order chi connectivity index (χ0) is 14.2. The van der Waals surface area contributed by atoms with E-state index in [1.807, 2.05) is 48.7 Å². The van der Waals surface area contributed by atoms with Gasteiger partial charge in [-0.05, 0) is 23.8 Å². The topological polar surface area (TPSA) is 45.2 Å². The van der Waals surface area contributed by atoms with E-state index in [1.54, 1.807) is 18.1 Å². The molecule has 1 aromatic heterocycles. The van der Waals surface area contributed by atoms with E-state index in [-0.39, 0.29) is 5.91 Å². The number of carbonyl (C=O) groups excluding carboxylic acids is 1. The Balaban J connectivity index is 1.73. The molecule has 0 fully saturated rings. The molecule has 0 aliphatic heterocycles. The standard InChI is InChI=1S/C16H19N3O/c1-19(15-7-3-2-4-8-15)16(20)9-11-18-13-14-6-5-10-17-12-14/h2-8,10,12,18H,9,11,13H2,1H3. The van der Waals surface area contributed by atoms with Gasteiger partial charge in [0.25, 0.3) is 0 Å². The second kappa shape index (κ2) is 7.40. The van der Waals surface area contributed by atoms with Crippen LogP contribution in [-0.2, 0) is 11.3 Å². The third-order valence-corrected chi connectivity index (χ3v) is 3.09. The summed E-state index contributed by atoms with van der Waals surface area (Å²) in [5.41, 5.74) is 2.04. The molecule has 0 unspecified atom stereocenters. The first-order chi connectivity index (χ1) is 9.77. The van der Waals surface area contributed by atoms with Gasteiger partial charge < -0.3 is 10.2 Å². The summed E-state index contributed by atoms with van der Waals surface area (Å²) >= 11 is 0. The largest absolute Gasteiger partial charge is 0.315 e. The zero-order valence-corrected chi connectivity index (χ0v) is 11.6. The van der Waals surface area contributed by atoms with Crippen LogP contribution in [0.2, 0.25) is 0 Å². The molecule has 104 valence electrons. The van der Waals surface area contributed by atoms with Crippen molar-refractivity contribution in [1.29, 1.82) is 0 Å². The molecular formula is C16H19N3O. The lowest BCUT2D eigenvalue weighted by molar-refractivity contribution is -0.118. The maximum absolute atomic E-state index is 12.0. The van der Waals surface area contributed by atoms with Crippen molar-refractivity contribution >= 4 is 11.6 Å². The molecule has 0 atom stereocenters. The normalized spacial score (nSPS) is 10.2. The Bertz CT molecular complexity index is 528. The first kappa shape index (κ1) is 14.2. The van der Waals surface area contributed by atoms with Gasteiger partial charge in [-0.1, -0.05) is 24.3 Å². The minimum absolute atomic E-state index is 0.106. The number of anilines is 1. The predicted molar refractivity (Wildman–Crippen MR) is 80.4 cm³/mol. The van der Waals surface area contributed by atoms with Crippen LogP contribution in [0, 0.1) is 0 Å². The van der Waals surface area contributed by atoms with Crippen LogP contribution in [0.15, 0.2) is 54.9 Å². The molecule has 2 rings (SSSR count). The third kappa shape index (κ3) is 4.17. The van der Waals surface area contributed by atoms with Crippen LogP contribution in [0.5, 0.6) is 0 Å². The SMILES string of the molecule is CN(C(=O)CCNCc1cccnc1)c1ccccc1. The Morgan fingerprint density at radius 3 is 2.70 bits per heavy atom. The molecule has 0 bridgehead atoms. The number of hydrogen-bond donors (Lipinski definition) is 1. The summed E-state index contributed by atoms with van der Waals surface area (Å²) in [5.74, 6) is 0.106. The lowest BCUT2D eigenvalue weighted by Gasteiger charge is -2.17. The average Bonchev–Trinajstić information content (AvgIpc) is 2.52. The number of nitrogens with one attached hydrogen (secondary N) is 1. The van der Waals surface area contributed by atoms with E-state index in [0.717, 1.165) is 17.8 Å². The van der Waals surface area contributed by atoms with Crippen LogP contribution < -0.4 is 10.2 Å². The van der Waals surface area contributed by atoms with Gasteiger partial charge in [0.2, 0.25) is 5.91 Å². The van der Waals surface area contributed by atoms with Crippen LogP contribution in [0.3, 0.4) is 0 Å². The number of carbonyl (C=O) groups is 1. The second-order valence-electron chi connectivity index (χ2n) is 4.58. The summed E-state index contributed by atoms with van der Waals surface area (Å²) in [6.07, 6.45) is 4.05. The van der Waals surface area contributed by atoms with Crippen molar-refractivity contribution in [3.05, 3.63) is 60.4 Å². The molecule has 0 saturated carbocycles. The lowest BCUT2D eigenvalue weighted by Crippen LogP contribution is -2.29. The van der Waals surface area contributed by atoms with Crippen LogP contribution >= 0.6 is 0 Å². The predicted octanol–water partition coefficient (Wildman–Crippen LogP) is 2.22. The van der Waals surface area contributed by atoms with Crippen molar-refractivity contribution in [3.8, 4) is 0 Å². The fourth-order valence-electron chi connectivity index (χ4n) is 1.89. The van der Waals surface area contributed by atoms with Gasteiger partial charge >= 0.3 is 0 Å². The molecule has 0 aliphatic carbocycles. The number of aromatic nitrogens is 1. The lowest BCUT2D eigenvalue weighted by atomic mass is 10.2. The van der Waals surface area contributed by atoms with E-state index in [4.69, 9.17) is 0 Å². The van der Waals surface area contributed by atoms with Crippen molar-refractivity contribution < 1.29 is 4.79 Å². The minimum Gasteiger partial charge on any atom is -0.315 e. The van der Waals surface area contributed by atoms with Gasteiger partial charge in [0.15, 0.2) is 0 Å². The van der Waals surface area contributed by atoms with Crippen LogP contribution in [0.25, 0.3) is 0 Å². The summed E-state index contributed by atoms with van der Waals surface area (Å²) in [6, 6.07) is 13.6. The number of benzene rings is 1. The van der Waals surface area contributed by atoms with Gasteiger partial charge in [0.05, 0.1) is 0 Å². The Kier molecular flexibility index (Phi) is 5.26. The molecule has 4 nitrogen and oxygen atoms in total. The van der Waals surface area contributed by atoms with Crippen LogP contribution in [0.1, 0.15) is 12.0 Å². The van der Waals surface area contributed by atoms with E-state index in [2.05, 4.69) is 10.3 Å². The highest BCUT2D eigenvalue weighted by Crippen LogP contribution is 2.11. The van der Waals surface area contributed by atoms with E-state index in [0.29, 0.717) is 13.0 Å². The Hall–Kier alpha value is -2.20. The second-order valence-corrected chi connectivity index (χ2v) is 4.58. The van der Waals surface area contributed by atoms with Crippen molar-refractivity contribution in [2.24, 2.45) is 0 Å². The summed E-state index contributed by atoms with van der Waals surface area (Å²) in [4.78, 5) is 17.8. The first-order valence-electron chi connectivity index (χ1n) is 6.68. The van der Waals surface area contributed by atoms with Gasteiger partial charge in [-0.25, -0.2) is 0 Å². The van der Waals surface area contributed by atoms with Crippen LogP contribution in [0.4, 0.5) is 5.69 Å². The molecule has 0 saturated heterocycles. The average molecular weight is 269 g/mol. The van der Waals surface area contributed by atoms with Gasteiger partial charge in [0, 0.05) is 44.6 Å². The van der Waals surface area contributed by atoms with Gasteiger partial charge in [-0.3, -0.25) is 9.78 Å². The maximum atomic E-state index is 12.0. The molecule has 4 heteroatoms. The van der Waals surface area contributed by atoms with Crippen molar-refractivity contribution in [1.82, 2.24) is 10.3 Å². The molecule has 2 aromatic rings. The van der Waals surface area contributed by atoms with Crippen molar-refractivity contribution in [3.63, 3.8) is 0 Å². The highest BCUT2D eigenvalue weighted by molar-refractivity contribution is 5.92. The molecule has 0 aliphatic rings. The monoisotopic (exact) mass is 269 g/mol. The van der Waals surface area contributed by atoms with Gasteiger partial charge in [0.1, 0.15) is 0 Å². The van der Waals surface area contributed by atoms with Crippen molar-refractivity contribution in [2.45, 2.75) is 13.0 Å². The zero-order valence-electron chi connectivity index (χ0n) is 11.6. The molecule has 20 heavy (non-hydrogen) atoms. The van der Waals surface area contributed by atoms with E-state index in [1.165, 1.54) is 0 Å². The molecule has 0 spiro atoms. The number of hydrogen-bond acceptors (Lipinski definition) is 3. The maximum Gasteiger partial charge on any atom is 0.227 e.